The van der Waals surface area contributed by atoms with Crippen LogP contribution in [-0.2, 0) is 4.79 Å². The molecule has 0 atom stereocenters. The van der Waals surface area contributed by atoms with E-state index in [0.29, 0.717) is 23.2 Å². The third-order valence-electron chi connectivity index (χ3n) is 3.58. The van der Waals surface area contributed by atoms with Crippen molar-refractivity contribution >= 4 is 28.3 Å². The van der Waals surface area contributed by atoms with Crippen LogP contribution in [0.2, 0.25) is 0 Å². The molecule has 0 bridgehead atoms. The Labute approximate surface area is 128 Å². The van der Waals surface area contributed by atoms with Crippen molar-refractivity contribution in [3.8, 4) is 0 Å². The summed E-state index contributed by atoms with van der Waals surface area (Å²) in [6.07, 6.45) is 0.975. The van der Waals surface area contributed by atoms with Gasteiger partial charge in [-0.1, -0.05) is 18.3 Å². The Morgan fingerprint density at radius 3 is 2.76 bits per heavy atom. The largest absolute Gasteiger partial charge is 0.360 e. The summed E-state index contributed by atoms with van der Waals surface area (Å²) in [7, 11) is 1.75. The number of piperazine rings is 1. The smallest absolute Gasteiger partial charge is 0.285 e. The van der Waals surface area contributed by atoms with Gasteiger partial charge >= 0.3 is 0 Å². The number of anilines is 1. The molecule has 0 saturated carbocycles. The zero-order valence-electron chi connectivity index (χ0n) is 12.8. The second kappa shape index (κ2) is 5.97. The first-order chi connectivity index (χ1) is 9.87. The Kier molecular flexibility index (Phi) is 4.46. The predicted octanol–water partition coefficient (Wildman–Crippen LogP) is 1.05. The van der Waals surface area contributed by atoms with Gasteiger partial charge in [0.1, 0.15) is 5.54 Å². The summed E-state index contributed by atoms with van der Waals surface area (Å²) in [6, 6.07) is 0. The molecule has 1 saturated heterocycles. The Bertz CT molecular complexity index is 542. The molecule has 1 N–H and O–H groups in total. The lowest BCUT2D eigenvalue weighted by Gasteiger charge is -2.44. The second-order valence-electron chi connectivity index (χ2n) is 5.58. The summed E-state index contributed by atoms with van der Waals surface area (Å²) in [5, 5.41) is 12.0. The lowest BCUT2D eigenvalue weighted by atomic mass is 9.98. The highest BCUT2D eigenvalue weighted by molar-refractivity contribution is 7.17. The minimum absolute atomic E-state index is 0.0593. The van der Waals surface area contributed by atoms with Gasteiger partial charge in [0.05, 0.1) is 0 Å². The van der Waals surface area contributed by atoms with E-state index < -0.39 is 5.54 Å². The van der Waals surface area contributed by atoms with Crippen LogP contribution in [-0.4, -0.2) is 64.0 Å². The molecule has 1 aliphatic rings. The molecule has 0 spiro atoms. The minimum atomic E-state index is -0.854. The first-order valence-electron chi connectivity index (χ1n) is 7.02. The molecule has 1 aliphatic heterocycles. The Morgan fingerprint density at radius 2 is 2.10 bits per heavy atom. The molecule has 2 amide bonds. The molecule has 21 heavy (non-hydrogen) atoms. The van der Waals surface area contributed by atoms with Crippen LogP contribution in [0.1, 0.15) is 37.0 Å². The van der Waals surface area contributed by atoms with Gasteiger partial charge in [-0.2, -0.15) is 0 Å². The Morgan fingerprint density at radius 1 is 1.38 bits per heavy atom. The van der Waals surface area contributed by atoms with E-state index in [-0.39, 0.29) is 11.8 Å². The summed E-state index contributed by atoms with van der Waals surface area (Å²) >= 11 is 1.23. The highest BCUT2D eigenvalue weighted by Crippen LogP contribution is 2.25. The molecule has 116 valence electrons. The predicted molar refractivity (Wildman–Crippen MR) is 81.4 cm³/mol. The van der Waals surface area contributed by atoms with E-state index in [1.54, 1.807) is 30.7 Å². The maximum Gasteiger partial charge on any atom is 0.285 e. The number of likely N-dealkylation sites (N-methyl/N-ethyl adjacent to an activating group) is 1. The van der Waals surface area contributed by atoms with Crippen LogP contribution < -0.4 is 5.32 Å². The van der Waals surface area contributed by atoms with E-state index in [9.17, 15) is 9.59 Å². The van der Waals surface area contributed by atoms with Gasteiger partial charge in [-0.05, 0) is 20.3 Å². The van der Waals surface area contributed by atoms with Crippen LogP contribution >= 0.6 is 11.3 Å². The van der Waals surface area contributed by atoms with E-state index in [2.05, 4.69) is 22.4 Å². The molecule has 1 aromatic heterocycles. The number of hydrogen-bond acceptors (Lipinski definition) is 6. The minimum Gasteiger partial charge on any atom is -0.360 e. The van der Waals surface area contributed by atoms with Crippen LogP contribution in [0.15, 0.2) is 0 Å². The van der Waals surface area contributed by atoms with Crippen LogP contribution in [0, 0.1) is 0 Å². The van der Waals surface area contributed by atoms with Crippen LogP contribution in [0.3, 0.4) is 0 Å². The van der Waals surface area contributed by atoms with Gasteiger partial charge in [0.15, 0.2) is 0 Å². The molecule has 8 heteroatoms. The number of aromatic nitrogens is 2. The summed E-state index contributed by atoms with van der Waals surface area (Å²) in [6.45, 7) is 7.42. The number of nitrogens with one attached hydrogen (secondary N) is 1. The van der Waals surface area contributed by atoms with Gasteiger partial charge < -0.3 is 15.1 Å². The molecular formula is C13H21N5O2S. The average Bonchev–Trinajstić information content (AvgIpc) is 2.91. The third-order valence-corrected chi connectivity index (χ3v) is 4.45. The molecule has 0 aliphatic carbocycles. The van der Waals surface area contributed by atoms with Crippen molar-refractivity contribution in [3.05, 3.63) is 5.01 Å². The topological polar surface area (TPSA) is 78.4 Å². The number of carbonyl (C=O) groups is 2. The van der Waals surface area contributed by atoms with Gasteiger partial charge in [-0.3, -0.25) is 9.59 Å². The highest BCUT2D eigenvalue weighted by Gasteiger charge is 2.44. The fourth-order valence-corrected chi connectivity index (χ4v) is 3.02. The van der Waals surface area contributed by atoms with E-state index in [0.717, 1.165) is 13.0 Å². The van der Waals surface area contributed by atoms with E-state index in [4.69, 9.17) is 0 Å². The van der Waals surface area contributed by atoms with Crippen molar-refractivity contribution in [2.45, 2.75) is 32.7 Å². The first kappa shape index (κ1) is 15.7. The molecule has 0 radical (unpaired) electrons. The lowest BCUT2D eigenvalue weighted by Crippen LogP contribution is -2.63. The fraction of sp³-hybridized carbons (Fsp3) is 0.692. The number of amides is 2. The Hall–Kier alpha value is -1.70. The zero-order valence-corrected chi connectivity index (χ0v) is 13.7. The number of nitrogens with zero attached hydrogens (tertiary/aromatic N) is 4. The highest BCUT2D eigenvalue weighted by atomic mass is 32.1. The second-order valence-corrected chi connectivity index (χ2v) is 6.56. The van der Waals surface area contributed by atoms with Gasteiger partial charge in [0.2, 0.25) is 16.0 Å². The van der Waals surface area contributed by atoms with Crippen LogP contribution in [0.5, 0.6) is 0 Å². The maximum atomic E-state index is 12.6. The summed E-state index contributed by atoms with van der Waals surface area (Å²) in [5.74, 6) is -0.292. The SMILES string of the molecule is CCCNc1nnc(C(=O)N2CCN(C)C(=O)C2(C)C)s1. The van der Waals surface area contributed by atoms with Gasteiger partial charge in [-0.25, -0.2) is 0 Å². The van der Waals surface area contributed by atoms with Crippen molar-refractivity contribution < 1.29 is 9.59 Å². The monoisotopic (exact) mass is 311 g/mol. The third kappa shape index (κ3) is 2.99. The molecular weight excluding hydrogens is 290 g/mol. The lowest BCUT2D eigenvalue weighted by molar-refractivity contribution is -0.144. The standard InChI is InChI=1S/C13H21N5O2S/c1-5-6-14-12-16-15-9(21-12)10(19)18-8-7-17(4)11(20)13(18,2)3/h5-8H2,1-4H3,(H,14,16). The Balaban J connectivity index is 2.15. The maximum absolute atomic E-state index is 12.6. The zero-order chi connectivity index (χ0) is 15.6. The summed E-state index contributed by atoms with van der Waals surface area (Å²) in [4.78, 5) is 28.1. The van der Waals surface area contributed by atoms with E-state index in [1.807, 2.05) is 0 Å². The van der Waals surface area contributed by atoms with Crippen LogP contribution in [0.4, 0.5) is 5.13 Å². The first-order valence-corrected chi connectivity index (χ1v) is 7.84. The molecule has 0 unspecified atom stereocenters. The molecule has 2 heterocycles. The van der Waals surface area contributed by atoms with Gasteiger partial charge in [-0.15, -0.1) is 10.2 Å². The normalized spacial score (nSPS) is 18.0. The molecule has 1 fully saturated rings. The molecule has 7 nitrogen and oxygen atoms in total. The van der Waals surface area contributed by atoms with Crippen molar-refractivity contribution in [1.29, 1.82) is 0 Å². The average molecular weight is 311 g/mol. The van der Waals surface area contributed by atoms with Gasteiger partial charge in [0, 0.05) is 26.7 Å². The number of hydrogen-bond donors (Lipinski definition) is 1. The van der Waals surface area contributed by atoms with E-state index in [1.165, 1.54) is 11.3 Å². The summed E-state index contributed by atoms with van der Waals surface area (Å²) < 4.78 is 0. The number of rotatable bonds is 4. The molecule has 0 aromatic carbocycles. The molecule has 1 aromatic rings. The quantitative estimate of drug-likeness (QED) is 0.899. The van der Waals surface area contributed by atoms with Crippen molar-refractivity contribution in [2.24, 2.45) is 0 Å². The van der Waals surface area contributed by atoms with Crippen molar-refractivity contribution in [1.82, 2.24) is 20.0 Å². The van der Waals surface area contributed by atoms with Crippen molar-refractivity contribution in [2.75, 3.05) is 32.0 Å². The van der Waals surface area contributed by atoms with E-state index >= 15 is 0 Å². The van der Waals surface area contributed by atoms with Crippen LogP contribution in [0.25, 0.3) is 0 Å². The van der Waals surface area contributed by atoms with Crippen molar-refractivity contribution in [3.63, 3.8) is 0 Å². The fourth-order valence-electron chi connectivity index (χ4n) is 2.30. The summed E-state index contributed by atoms with van der Waals surface area (Å²) in [5.41, 5.74) is -0.854. The van der Waals surface area contributed by atoms with Gasteiger partial charge in [0.25, 0.3) is 5.91 Å². The molecule has 2 rings (SSSR count). The number of carbonyl (C=O) groups excluding carboxylic acids is 2.